The van der Waals surface area contributed by atoms with Gasteiger partial charge in [-0.2, -0.15) is 0 Å². The summed E-state index contributed by atoms with van der Waals surface area (Å²) in [5.74, 6) is -0.930. The lowest BCUT2D eigenvalue weighted by Gasteiger charge is -2.09. The van der Waals surface area contributed by atoms with E-state index in [9.17, 15) is 19.8 Å². The largest absolute Gasteiger partial charge is 0.546 e. The number of carbonyl (C=O) groups is 2. The molecule has 2 aromatic rings. The van der Waals surface area contributed by atoms with Crippen LogP contribution < -0.4 is 19.3 Å². The Bertz CT molecular complexity index is 797. The van der Waals surface area contributed by atoms with Crippen LogP contribution in [0, 0.1) is 0 Å². The number of rotatable bonds is 8. The molecule has 26 heavy (non-hydrogen) atoms. The van der Waals surface area contributed by atoms with E-state index in [0.29, 0.717) is 16.9 Å². The van der Waals surface area contributed by atoms with E-state index in [4.69, 9.17) is 14.2 Å². The van der Waals surface area contributed by atoms with Crippen LogP contribution in [-0.4, -0.2) is 37.7 Å². The highest BCUT2D eigenvalue weighted by atomic mass is 16.5. The zero-order valence-electron chi connectivity index (χ0n) is 14.2. The molecule has 0 radical (unpaired) electrons. The molecule has 2 rings (SSSR count). The highest BCUT2D eigenvalue weighted by Crippen LogP contribution is 2.37. The van der Waals surface area contributed by atoms with E-state index in [2.05, 4.69) is 0 Å². The molecule has 0 atom stereocenters. The van der Waals surface area contributed by atoms with Crippen molar-refractivity contribution in [2.24, 2.45) is 0 Å². The fourth-order valence-corrected chi connectivity index (χ4v) is 2.14. The van der Waals surface area contributed by atoms with Gasteiger partial charge in [-0.05, 0) is 48.0 Å². The zero-order chi connectivity index (χ0) is 19.1. The number of phenols is 1. The maximum atomic E-state index is 12.2. The first-order chi connectivity index (χ1) is 12.4. The lowest BCUT2D eigenvalue weighted by atomic mass is 10.1. The molecule has 7 heteroatoms. The average Bonchev–Trinajstić information content (AvgIpc) is 2.65. The highest BCUT2D eigenvalue weighted by Gasteiger charge is 2.10. The van der Waals surface area contributed by atoms with Crippen molar-refractivity contribution in [3.05, 3.63) is 53.6 Å². The molecule has 0 unspecified atom stereocenters. The molecule has 0 aliphatic carbocycles. The molecule has 0 aromatic heterocycles. The van der Waals surface area contributed by atoms with E-state index in [-0.39, 0.29) is 23.0 Å². The molecule has 0 saturated heterocycles. The van der Waals surface area contributed by atoms with E-state index < -0.39 is 12.6 Å². The van der Waals surface area contributed by atoms with Gasteiger partial charge in [0.25, 0.3) is 0 Å². The second-order valence-corrected chi connectivity index (χ2v) is 5.16. The smallest absolute Gasteiger partial charge is 0.200 e. The maximum Gasteiger partial charge on any atom is 0.200 e. The standard InChI is InChI=1S/C19H18O7/c1-24-16-9-12(10-17(25-2)19(16)23)3-8-15(20)13-4-6-14(7-5-13)26-11-18(21)22/h3-10,23H,11H2,1-2H3,(H,21,22)/p-1/b8-3+. The first kappa shape index (κ1) is 18.9. The number of carboxylic acid groups (broad SMARTS) is 1. The summed E-state index contributed by atoms with van der Waals surface area (Å²) in [6.45, 7) is -0.558. The van der Waals surface area contributed by atoms with Crippen molar-refractivity contribution in [2.45, 2.75) is 0 Å². The van der Waals surface area contributed by atoms with Crippen molar-refractivity contribution >= 4 is 17.8 Å². The quantitative estimate of drug-likeness (QED) is 0.563. The summed E-state index contributed by atoms with van der Waals surface area (Å²) >= 11 is 0. The van der Waals surface area contributed by atoms with Gasteiger partial charge in [-0.25, -0.2) is 0 Å². The van der Waals surface area contributed by atoms with E-state index >= 15 is 0 Å². The monoisotopic (exact) mass is 357 g/mol. The number of hydrogen-bond acceptors (Lipinski definition) is 7. The van der Waals surface area contributed by atoms with Gasteiger partial charge in [-0.3, -0.25) is 4.79 Å². The van der Waals surface area contributed by atoms with Gasteiger partial charge in [0.1, 0.15) is 12.4 Å². The molecule has 0 saturated carbocycles. The van der Waals surface area contributed by atoms with Crippen LogP contribution in [0.5, 0.6) is 23.0 Å². The summed E-state index contributed by atoms with van der Waals surface area (Å²) in [7, 11) is 2.83. The second kappa shape index (κ2) is 8.57. The van der Waals surface area contributed by atoms with Gasteiger partial charge in [0, 0.05) is 5.56 Å². The highest BCUT2D eigenvalue weighted by molar-refractivity contribution is 6.06. The summed E-state index contributed by atoms with van der Waals surface area (Å²) in [5, 5.41) is 20.2. The number of benzene rings is 2. The number of ether oxygens (including phenoxy) is 3. The van der Waals surface area contributed by atoms with Gasteiger partial charge >= 0.3 is 0 Å². The van der Waals surface area contributed by atoms with Crippen LogP contribution in [0.3, 0.4) is 0 Å². The number of aliphatic carboxylic acids is 1. The van der Waals surface area contributed by atoms with Crippen LogP contribution in [0.1, 0.15) is 15.9 Å². The minimum atomic E-state index is -1.33. The van der Waals surface area contributed by atoms with Crippen molar-refractivity contribution in [1.29, 1.82) is 0 Å². The molecule has 136 valence electrons. The Morgan fingerprint density at radius 3 is 2.15 bits per heavy atom. The number of carboxylic acids is 1. The normalized spacial score (nSPS) is 10.5. The molecule has 2 aromatic carbocycles. The van der Waals surface area contributed by atoms with E-state index in [1.54, 1.807) is 18.2 Å². The minimum Gasteiger partial charge on any atom is -0.546 e. The Balaban J connectivity index is 2.13. The Kier molecular flexibility index (Phi) is 6.21. The molecule has 0 bridgehead atoms. The molecule has 0 amide bonds. The Morgan fingerprint density at radius 1 is 1.08 bits per heavy atom. The summed E-state index contributed by atoms with van der Waals surface area (Å²) in [4.78, 5) is 22.6. The number of hydrogen-bond donors (Lipinski definition) is 1. The third-order valence-electron chi connectivity index (χ3n) is 3.42. The number of ketones is 1. The molecule has 0 aliphatic rings. The van der Waals surface area contributed by atoms with Crippen LogP contribution in [0.15, 0.2) is 42.5 Å². The maximum absolute atomic E-state index is 12.2. The minimum absolute atomic E-state index is 0.120. The zero-order valence-corrected chi connectivity index (χ0v) is 14.2. The Morgan fingerprint density at radius 2 is 1.65 bits per heavy atom. The topological polar surface area (TPSA) is 105 Å². The van der Waals surface area contributed by atoms with Gasteiger partial charge < -0.3 is 29.2 Å². The van der Waals surface area contributed by atoms with Gasteiger partial charge in [-0.1, -0.05) is 6.08 Å². The molecule has 0 heterocycles. The molecule has 1 N–H and O–H groups in total. The van der Waals surface area contributed by atoms with Gasteiger partial charge in [-0.15, -0.1) is 0 Å². The molecule has 0 aliphatic heterocycles. The van der Waals surface area contributed by atoms with Gasteiger partial charge in [0.2, 0.25) is 5.75 Å². The van der Waals surface area contributed by atoms with Crippen molar-refractivity contribution in [2.75, 3.05) is 20.8 Å². The third-order valence-corrected chi connectivity index (χ3v) is 3.42. The molecule has 0 fully saturated rings. The van der Waals surface area contributed by atoms with Crippen molar-refractivity contribution in [3.8, 4) is 23.0 Å². The van der Waals surface area contributed by atoms with Crippen molar-refractivity contribution < 1.29 is 34.0 Å². The summed E-state index contributed by atoms with van der Waals surface area (Å²) < 4.78 is 15.1. The fourth-order valence-electron chi connectivity index (χ4n) is 2.14. The summed E-state index contributed by atoms with van der Waals surface area (Å²) in [6, 6.07) is 9.18. The van der Waals surface area contributed by atoms with Crippen molar-refractivity contribution in [1.82, 2.24) is 0 Å². The van der Waals surface area contributed by atoms with E-state index in [1.165, 1.54) is 44.6 Å². The Labute approximate surface area is 150 Å². The van der Waals surface area contributed by atoms with Crippen LogP contribution in [0.25, 0.3) is 6.08 Å². The third kappa shape index (κ3) is 4.76. The number of methoxy groups -OCH3 is 2. The lowest BCUT2D eigenvalue weighted by molar-refractivity contribution is -0.307. The first-order valence-corrected chi connectivity index (χ1v) is 7.54. The SMILES string of the molecule is COc1cc(/C=C/C(=O)c2ccc(OCC(=O)[O-])cc2)cc(OC)c1O. The number of allylic oxidation sites excluding steroid dienone is 1. The average molecular weight is 357 g/mol. The van der Waals surface area contributed by atoms with Crippen LogP contribution >= 0.6 is 0 Å². The van der Waals surface area contributed by atoms with Crippen LogP contribution in [0.4, 0.5) is 0 Å². The predicted octanol–water partition coefficient (Wildman–Crippen LogP) is 1.43. The fraction of sp³-hybridized carbons (Fsp3) is 0.158. The van der Waals surface area contributed by atoms with Crippen LogP contribution in [0.2, 0.25) is 0 Å². The number of aromatic hydroxyl groups is 1. The Hall–Kier alpha value is -3.48. The van der Waals surface area contributed by atoms with E-state index in [1.807, 2.05) is 0 Å². The molecule has 7 nitrogen and oxygen atoms in total. The number of phenolic OH excluding ortho intramolecular Hbond substituents is 1. The molecule has 0 spiro atoms. The number of carbonyl (C=O) groups excluding carboxylic acids is 2. The first-order valence-electron chi connectivity index (χ1n) is 7.54. The van der Waals surface area contributed by atoms with Crippen LogP contribution in [-0.2, 0) is 4.79 Å². The lowest BCUT2D eigenvalue weighted by Crippen LogP contribution is -2.28. The van der Waals surface area contributed by atoms with Gasteiger partial charge in [0.05, 0.1) is 20.2 Å². The predicted molar refractivity (Wildman–Crippen MR) is 91.5 cm³/mol. The second-order valence-electron chi connectivity index (χ2n) is 5.16. The van der Waals surface area contributed by atoms with E-state index in [0.717, 1.165) is 0 Å². The molecular weight excluding hydrogens is 340 g/mol. The van der Waals surface area contributed by atoms with Crippen molar-refractivity contribution in [3.63, 3.8) is 0 Å². The summed E-state index contributed by atoms with van der Waals surface area (Å²) in [6.07, 6.45) is 2.93. The summed E-state index contributed by atoms with van der Waals surface area (Å²) in [5.41, 5.74) is 1.01. The van der Waals surface area contributed by atoms with Gasteiger partial charge in [0.15, 0.2) is 17.3 Å². The molecular formula is C19H17O7-.